The van der Waals surface area contributed by atoms with Crippen molar-refractivity contribution in [1.82, 2.24) is 0 Å². The number of imide groups is 1. The standard InChI is InChI=1S/C21H23N3O2/c1-16-6-5-9-18(14-16)24-20(25)15-19(21(24)26)23-12-10-22(11-13-23)17-7-3-2-4-8-17/h2-9,14,19H,10-13,15H2,1H3/p+1/t19-/m0/s1. The second-order valence-electron chi connectivity index (χ2n) is 7.14. The molecule has 0 aliphatic carbocycles. The largest absolute Gasteiger partial charge is 0.360 e. The molecule has 5 nitrogen and oxygen atoms in total. The normalized spacial score (nSPS) is 21.5. The van der Waals surface area contributed by atoms with E-state index in [2.05, 4.69) is 17.0 Å². The van der Waals surface area contributed by atoms with Crippen LogP contribution in [0.5, 0.6) is 0 Å². The molecule has 0 radical (unpaired) electrons. The van der Waals surface area contributed by atoms with Gasteiger partial charge in [0.25, 0.3) is 5.91 Å². The molecule has 0 unspecified atom stereocenters. The lowest BCUT2D eigenvalue weighted by Crippen LogP contribution is -3.19. The maximum atomic E-state index is 12.9. The number of amides is 2. The van der Waals surface area contributed by atoms with Crippen LogP contribution < -0.4 is 14.7 Å². The van der Waals surface area contributed by atoms with Crippen molar-refractivity contribution in [2.24, 2.45) is 0 Å². The lowest BCUT2D eigenvalue weighted by Gasteiger charge is -2.35. The van der Waals surface area contributed by atoms with Crippen molar-refractivity contribution in [2.75, 3.05) is 36.0 Å². The zero-order valence-corrected chi connectivity index (χ0v) is 15.0. The van der Waals surface area contributed by atoms with Gasteiger partial charge in [0.2, 0.25) is 5.91 Å². The van der Waals surface area contributed by atoms with Gasteiger partial charge < -0.3 is 9.80 Å². The van der Waals surface area contributed by atoms with Gasteiger partial charge in [0.15, 0.2) is 6.04 Å². The minimum atomic E-state index is -0.249. The predicted octanol–water partition coefficient (Wildman–Crippen LogP) is 1.03. The van der Waals surface area contributed by atoms with Crippen LogP contribution in [0.4, 0.5) is 11.4 Å². The monoisotopic (exact) mass is 350 g/mol. The van der Waals surface area contributed by atoms with Gasteiger partial charge in [-0.1, -0.05) is 30.3 Å². The van der Waals surface area contributed by atoms with Gasteiger partial charge in [-0.25, -0.2) is 4.90 Å². The highest BCUT2D eigenvalue weighted by Gasteiger charge is 2.46. The first kappa shape index (κ1) is 16.8. The molecule has 2 amide bonds. The minimum absolute atomic E-state index is 0.0521. The molecule has 1 atom stereocenters. The zero-order valence-electron chi connectivity index (χ0n) is 15.0. The third-order valence-corrected chi connectivity index (χ3v) is 5.43. The molecule has 4 rings (SSSR count). The molecule has 2 aromatic carbocycles. The third kappa shape index (κ3) is 3.10. The number of benzene rings is 2. The molecular formula is C21H24N3O2+. The first-order valence-electron chi connectivity index (χ1n) is 9.21. The van der Waals surface area contributed by atoms with Gasteiger partial charge in [-0.2, -0.15) is 0 Å². The summed E-state index contributed by atoms with van der Waals surface area (Å²) in [5.74, 6) is -0.132. The van der Waals surface area contributed by atoms with E-state index in [0.29, 0.717) is 12.1 Å². The number of nitrogens with one attached hydrogen (secondary N) is 1. The van der Waals surface area contributed by atoms with Crippen molar-refractivity contribution in [3.8, 4) is 0 Å². The maximum absolute atomic E-state index is 12.9. The highest BCUT2D eigenvalue weighted by molar-refractivity contribution is 6.21. The van der Waals surface area contributed by atoms with Crippen molar-refractivity contribution in [3.63, 3.8) is 0 Å². The molecule has 2 fully saturated rings. The Morgan fingerprint density at radius 3 is 2.31 bits per heavy atom. The number of carbonyl (C=O) groups is 2. The number of hydrogen-bond donors (Lipinski definition) is 1. The SMILES string of the molecule is Cc1cccc(N2C(=O)C[C@H]([NH+]3CCN(c4ccccc4)CC3)C2=O)c1. The molecule has 0 aromatic heterocycles. The number of piperazine rings is 1. The Hall–Kier alpha value is -2.66. The Balaban J connectivity index is 1.45. The number of hydrogen-bond acceptors (Lipinski definition) is 3. The van der Waals surface area contributed by atoms with Gasteiger partial charge in [0.05, 0.1) is 38.3 Å². The van der Waals surface area contributed by atoms with Gasteiger partial charge in [0, 0.05) is 5.69 Å². The van der Waals surface area contributed by atoms with Crippen LogP contribution in [0.25, 0.3) is 0 Å². The van der Waals surface area contributed by atoms with E-state index >= 15 is 0 Å². The first-order valence-corrected chi connectivity index (χ1v) is 9.21. The highest BCUT2D eigenvalue weighted by atomic mass is 16.2. The number of quaternary nitrogens is 1. The number of carbonyl (C=O) groups excluding carboxylic acids is 2. The molecule has 2 aromatic rings. The van der Waals surface area contributed by atoms with Gasteiger partial charge in [-0.15, -0.1) is 0 Å². The third-order valence-electron chi connectivity index (χ3n) is 5.43. The molecule has 26 heavy (non-hydrogen) atoms. The second kappa shape index (κ2) is 6.92. The van der Waals surface area contributed by atoms with Gasteiger partial charge in [0.1, 0.15) is 0 Å². The number of para-hydroxylation sites is 1. The Morgan fingerprint density at radius 1 is 0.923 bits per heavy atom. The summed E-state index contributed by atoms with van der Waals surface area (Å²) in [5.41, 5.74) is 2.97. The van der Waals surface area contributed by atoms with E-state index in [1.165, 1.54) is 15.5 Å². The number of rotatable bonds is 3. The quantitative estimate of drug-likeness (QED) is 0.841. The Labute approximate surface area is 153 Å². The van der Waals surface area contributed by atoms with Crippen molar-refractivity contribution in [1.29, 1.82) is 0 Å². The summed E-state index contributed by atoms with van der Waals surface area (Å²) in [6, 6.07) is 17.7. The van der Waals surface area contributed by atoms with Crippen molar-refractivity contribution < 1.29 is 14.5 Å². The summed E-state index contributed by atoms with van der Waals surface area (Å²) >= 11 is 0. The molecular weight excluding hydrogens is 326 g/mol. The topological polar surface area (TPSA) is 45.1 Å². The maximum Gasteiger partial charge on any atom is 0.292 e. The second-order valence-corrected chi connectivity index (χ2v) is 7.14. The van der Waals surface area contributed by atoms with Crippen LogP contribution in [-0.4, -0.2) is 44.0 Å². The summed E-state index contributed by atoms with van der Waals surface area (Å²) in [7, 11) is 0. The Morgan fingerprint density at radius 2 is 1.62 bits per heavy atom. The van der Waals surface area contributed by atoms with E-state index in [9.17, 15) is 9.59 Å². The summed E-state index contributed by atoms with van der Waals surface area (Å²) in [5, 5.41) is 0. The summed E-state index contributed by atoms with van der Waals surface area (Å²) in [6.45, 7) is 5.53. The molecule has 2 aliphatic heterocycles. The van der Waals surface area contributed by atoms with E-state index in [-0.39, 0.29) is 17.9 Å². The molecule has 0 bridgehead atoms. The molecule has 1 N–H and O–H groups in total. The van der Waals surface area contributed by atoms with E-state index < -0.39 is 0 Å². The van der Waals surface area contributed by atoms with Gasteiger partial charge in [-0.3, -0.25) is 9.59 Å². The highest BCUT2D eigenvalue weighted by Crippen LogP contribution is 2.23. The summed E-state index contributed by atoms with van der Waals surface area (Å²) < 4.78 is 0. The van der Waals surface area contributed by atoms with Crippen molar-refractivity contribution in [3.05, 3.63) is 60.2 Å². The number of aryl methyl sites for hydroxylation is 1. The average molecular weight is 350 g/mol. The van der Waals surface area contributed by atoms with Crippen molar-refractivity contribution in [2.45, 2.75) is 19.4 Å². The van der Waals surface area contributed by atoms with E-state index in [4.69, 9.17) is 0 Å². The number of anilines is 2. The van der Waals surface area contributed by atoms with Gasteiger partial charge >= 0.3 is 0 Å². The molecule has 134 valence electrons. The smallest absolute Gasteiger partial charge is 0.292 e. The van der Waals surface area contributed by atoms with Crippen LogP contribution in [0.1, 0.15) is 12.0 Å². The van der Waals surface area contributed by atoms with Crippen LogP contribution in [0.2, 0.25) is 0 Å². The average Bonchev–Trinajstić information content (AvgIpc) is 2.97. The van der Waals surface area contributed by atoms with Crippen LogP contribution in [0.3, 0.4) is 0 Å². The van der Waals surface area contributed by atoms with Gasteiger partial charge in [-0.05, 0) is 36.8 Å². The minimum Gasteiger partial charge on any atom is -0.360 e. The molecule has 2 aliphatic rings. The molecule has 0 saturated carbocycles. The van der Waals surface area contributed by atoms with Crippen molar-refractivity contribution >= 4 is 23.2 Å². The fourth-order valence-corrected chi connectivity index (χ4v) is 4.03. The molecule has 0 spiro atoms. The summed E-state index contributed by atoms with van der Waals surface area (Å²) in [4.78, 5) is 30.4. The fourth-order valence-electron chi connectivity index (χ4n) is 4.03. The fraction of sp³-hybridized carbons (Fsp3) is 0.333. The lowest BCUT2D eigenvalue weighted by atomic mass is 10.1. The Kier molecular flexibility index (Phi) is 4.47. The van der Waals surface area contributed by atoms with Crippen LogP contribution >= 0.6 is 0 Å². The number of nitrogens with zero attached hydrogens (tertiary/aromatic N) is 2. The van der Waals surface area contributed by atoms with Crippen LogP contribution in [0, 0.1) is 6.92 Å². The summed E-state index contributed by atoms with van der Waals surface area (Å²) in [6.07, 6.45) is 0.313. The first-order chi connectivity index (χ1) is 12.6. The molecule has 5 heteroatoms. The molecule has 2 heterocycles. The Bertz CT molecular complexity index is 813. The zero-order chi connectivity index (χ0) is 18.1. The van der Waals surface area contributed by atoms with E-state index in [1.807, 2.05) is 49.4 Å². The van der Waals surface area contributed by atoms with Crippen LogP contribution in [-0.2, 0) is 9.59 Å². The van der Waals surface area contributed by atoms with Crippen LogP contribution in [0.15, 0.2) is 54.6 Å². The molecule has 2 saturated heterocycles. The van der Waals surface area contributed by atoms with E-state index in [0.717, 1.165) is 31.7 Å². The lowest BCUT2D eigenvalue weighted by molar-refractivity contribution is -0.915. The predicted molar refractivity (Wildman–Crippen MR) is 101 cm³/mol. The van der Waals surface area contributed by atoms with E-state index in [1.54, 1.807) is 0 Å².